The number of phenols is 1. The van der Waals surface area contributed by atoms with Crippen LogP contribution in [0.25, 0.3) is 33.4 Å². The molecule has 0 radical (unpaired) electrons. The average Bonchev–Trinajstić information content (AvgIpc) is 2.89. The highest BCUT2D eigenvalue weighted by atomic mass is 33.1. The van der Waals surface area contributed by atoms with E-state index in [4.69, 9.17) is 20.1 Å². The van der Waals surface area contributed by atoms with Crippen molar-refractivity contribution in [2.45, 2.75) is 12.2 Å². The van der Waals surface area contributed by atoms with Crippen molar-refractivity contribution in [3.63, 3.8) is 0 Å². The Labute approximate surface area is 243 Å². The number of aromatic carboxylic acids is 1. The van der Waals surface area contributed by atoms with E-state index >= 15 is 0 Å². The maximum absolute atomic E-state index is 12.4. The third-order valence-electron chi connectivity index (χ3n) is 5.50. The molecule has 228 valence electrons. The maximum Gasteiger partial charge on any atom is 0.490 e. The highest BCUT2D eigenvalue weighted by Crippen LogP contribution is 2.42. The number of aromatic hydroxyl groups is 1. The van der Waals surface area contributed by atoms with Gasteiger partial charge in [-0.15, -0.1) is 0 Å². The summed E-state index contributed by atoms with van der Waals surface area (Å²) < 4.78 is 60.1. The third kappa shape index (κ3) is 8.46. The zero-order chi connectivity index (χ0) is 32.3. The number of aliphatic carboxylic acids is 1. The number of carbonyl (C=O) groups is 3. The van der Waals surface area contributed by atoms with Gasteiger partial charge in [-0.25, -0.2) is 18.0 Å². The summed E-state index contributed by atoms with van der Waals surface area (Å²) in [5.41, 5.74) is 6.92. The van der Waals surface area contributed by atoms with Gasteiger partial charge in [0.05, 0.1) is 11.6 Å². The van der Waals surface area contributed by atoms with Gasteiger partial charge in [-0.1, -0.05) is 6.07 Å². The highest BCUT2D eigenvalue weighted by molar-refractivity contribution is 8.71. The van der Waals surface area contributed by atoms with Crippen molar-refractivity contribution in [1.29, 1.82) is 0 Å². The molecule has 0 saturated heterocycles. The number of halogens is 3. The van der Waals surface area contributed by atoms with Gasteiger partial charge in [0.15, 0.2) is 14.3 Å². The Morgan fingerprint density at radius 1 is 1.02 bits per heavy atom. The van der Waals surface area contributed by atoms with E-state index in [9.17, 15) is 46.2 Å². The molecule has 1 amide bonds. The number of alkyl halides is 3. The Morgan fingerprint density at radius 2 is 1.65 bits per heavy atom. The van der Waals surface area contributed by atoms with E-state index in [0.717, 1.165) is 6.26 Å². The molecule has 43 heavy (non-hydrogen) atoms. The first kappa shape index (κ1) is 32.9. The van der Waals surface area contributed by atoms with Crippen molar-refractivity contribution in [2.24, 2.45) is 5.73 Å². The molecular weight excluding hydrogens is 621 g/mol. The molecule has 0 bridgehead atoms. The lowest BCUT2D eigenvalue weighted by Crippen LogP contribution is -2.38. The Balaban J connectivity index is 0.000000646. The van der Waals surface area contributed by atoms with Crippen molar-refractivity contribution >= 4 is 54.2 Å². The molecule has 0 saturated carbocycles. The lowest BCUT2D eigenvalue weighted by Gasteiger charge is -2.18. The summed E-state index contributed by atoms with van der Waals surface area (Å²) in [5.74, 6) is -4.75. The second-order valence-corrected chi connectivity index (χ2v) is 13.3. The Morgan fingerprint density at radius 3 is 2.23 bits per heavy atom. The van der Waals surface area contributed by atoms with Gasteiger partial charge in [0, 0.05) is 46.3 Å². The molecule has 1 aliphatic heterocycles. The van der Waals surface area contributed by atoms with E-state index in [0.29, 0.717) is 27.3 Å². The number of fused-ring (bicyclic) bond motifs is 2. The summed E-state index contributed by atoms with van der Waals surface area (Å²) in [6.07, 6.45) is -4.08. The standard InChI is InChI=1S/C24H20N2O8S2.C2HF3O2/c1-36(32,33)35-11-19(25)23(29)26-12-2-5-15(18(8-12)24(30)31)22-16-6-3-13(27)9-20(16)34-21-10-14(28)4-7-17(21)22;3-2(4,5)1(6)7/h2-10,19,27H,11,25H2,1H3,(H,26,29)(H,30,31);(H,6,7)/t19-;/m0./s1. The molecule has 0 fully saturated rings. The van der Waals surface area contributed by atoms with Gasteiger partial charge < -0.3 is 30.8 Å². The number of nitrogens with one attached hydrogen (secondary N) is 1. The predicted octanol–water partition coefficient (Wildman–Crippen LogP) is 3.56. The molecule has 6 N–H and O–H groups in total. The van der Waals surface area contributed by atoms with Gasteiger partial charge >= 0.3 is 18.1 Å². The van der Waals surface area contributed by atoms with E-state index in [1.54, 1.807) is 6.07 Å². The zero-order valence-electron chi connectivity index (χ0n) is 21.7. The largest absolute Gasteiger partial charge is 0.508 e. The van der Waals surface area contributed by atoms with Crippen LogP contribution in [0, 0.1) is 0 Å². The van der Waals surface area contributed by atoms with Gasteiger partial charge in [-0.2, -0.15) is 13.2 Å². The van der Waals surface area contributed by atoms with E-state index in [1.165, 1.54) is 48.5 Å². The maximum atomic E-state index is 12.4. The molecule has 12 nitrogen and oxygen atoms in total. The van der Waals surface area contributed by atoms with Crippen LogP contribution in [0.2, 0.25) is 0 Å². The molecule has 2 aromatic rings. The molecule has 1 aliphatic carbocycles. The molecule has 0 unspecified atom stereocenters. The lowest BCUT2D eigenvalue weighted by atomic mass is 9.90. The minimum Gasteiger partial charge on any atom is -0.508 e. The van der Waals surface area contributed by atoms with Gasteiger partial charge in [-0.3, -0.25) is 9.59 Å². The third-order valence-corrected chi connectivity index (χ3v) is 8.12. The van der Waals surface area contributed by atoms with Gasteiger partial charge in [-0.05, 0) is 52.8 Å². The molecule has 2 aromatic carbocycles. The van der Waals surface area contributed by atoms with Gasteiger partial charge in [0.1, 0.15) is 17.1 Å². The average molecular weight is 643 g/mol. The van der Waals surface area contributed by atoms with Crippen LogP contribution in [-0.4, -0.2) is 65.8 Å². The van der Waals surface area contributed by atoms with Crippen molar-refractivity contribution in [1.82, 2.24) is 0 Å². The fourth-order valence-corrected chi connectivity index (χ4v) is 5.40. The van der Waals surface area contributed by atoms with Crippen molar-refractivity contribution in [3.8, 4) is 28.2 Å². The van der Waals surface area contributed by atoms with Crippen LogP contribution >= 0.6 is 10.8 Å². The molecule has 0 spiro atoms. The number of benzene rings is 3. The Hall–Kier alpha value is -4.61. The number of carbonyl (C=O) groups excluding carboxylic acids is 1. The minimum absolute atomic E-state index is 0.0725. The molecule has 2 aliphatic rings. The number of nitrogens with two attached hydrogens (primary N) is 1. The number of rotatable bonds is 7. The Bertz CT molecular complexity index is 1860. The van der Waals surface area contributed by atoms with E-state index < -0.39 is 38.9 Å². The topological polar surface area (TPSA) is 214 Å². The number of hydrogen-bond donors (Lipinski definition) is 5. The molecular formula is C26H21F3N2O10S2. The summed E-state index contributed by atoms with van der Waals surface area (Å²) in [6.45, 7) is 0. The van der Waals surface area contributed by atoms with Crippen LogP contribution < -0.4 is 16.5 Å². The SMILES string of the molecule is CS(=O)(=O)SC[C@H](N)C(=O)Nc1ccc(-c2c3ccc(=O)cc-3oc3cc(O)ccc23)c(C(=O)O)c1.O=C(O)C(F)(F)F. The second-order valence-electron chi connectivity index (χ2n) is 8.77. The van der Waals surface area contributed by atoms with Gasteiger partial charge in [0.25, 0.3) is 0 Å². The number of carboxylic acids is 2. The summed E-state index contributed by atoms with van der Waals surface area (Å²) in [7, 11) is -2.85. The molecule has 1 atom stereocenters. The number of hydrogen-bond acceptors (Lipinski definition) is 10. The van der Waals surface area contributed by atoms with Gasteiger partial charge in [0.2, 0.25) is 5.91 Å². The first-order valence-electron chi connectivity index (χ1n) is 11.7. The van der Waals surface area contributed by atoms with Crippen LogP contribution in [0.4, 0.5) is 18.9 Å². The quantitative estimate of drug-likeness (QED) is 0.145. The van der Waals surface area contributed by atoms with Crippen molar-refractivity contribution in [3.05, 3.63) is 70.4 Å². The smallest absolute Gasteiger partial charge is 0.490 e. The monoisotopic (exact) mass is 642 g/mol. The van der Waals surface area contributed by atoms with Crippen LogP contribution in [0.5, 0.6) is 5.75 Å². The van der Waals surface area contributed by atoms with E-state index in [1.807, 2.05) is 0 Å². The molecule has 17 heteroatoms. The molecule has 0 aromatic heterocycles. The lowest BCUT2D eigenvalue weighted by molar-refractivity contribution is -0.192. The van der Waals surface area contributed by atoms with Crippen LogP contribution in [-0.2, 0) is 18.5 Å². The second kappa shape index (κ2) is 12.7. The number of carboxylic acid groups (broad SMARTS) is 2. The normalized spacial score (nSPS) is 12.3. The Kier molecular flexibility index (Phi) is 9.73. The fourth-order valence-electron chi connectivity index (χ4n) is 3.67. The fraction of sp³-hybridized carbons (Fsp3) is 0.154. The first-order chi connectivity index (χ1) is 19.9. The first-order valence-corrected chi connectivity index (χ1v) is 15.0. The van der Waals surface area contributed by atoms with Crippen molar-refractivity contribution in [2.75, 3.05) is 17.3 Å². The number of amides is 1. The van der Waals surface area contributed by atoms with Crippen LogP contribution in [0.15, 0.2) is 63.8 Å². The number of anilines is 1. The predicted molar refractivity (Wildman–Crippen MR) is 151 cm³/mol. The molecule has 1 heterocycles. The van der Waals surface area contributed by atoms with Crippen molar-refractivity contribution < 1.29 is 55.7 Å². The number of phenolic OH excluding ortho intramolecular Hbond substituents is 1. The molecule has 4 rings (SSSR count). The summed E-state index contributed by atoms with van der Waals surface area (Å²) in [6, 6.07) is 11.6. The highest BCUT2D eigenvalue weighted by Gasteiger charge is 2.38. The van der Waals surface area contributed by atoms with Crippen LogP contribution in [0.3, 0.4) is 0 Å². The summed E-state index contributed by atoms with van der Waals surface area (Å²) in [4.78, 5) is 45.5. The minimum atomic E-state index is -5.08. The zero-order valence-corrected chi connectivity index (χ0v) is 23.3. The summed E-state index contributed by atoms with van der Waals surface area (Å²) >= 11 is 0. The van der Waals surface area contributed by atoms with E-state index in [2.05, 4.69) is 5.32 Å². The van der Waals surface area contributed by atoms with Crippen LogP contribution in [0.1, 0.15) is 10.4 Å². The van der Waals surface area contributed by atoms with E-state index in [-0.39, 0.29) is 45.1 Å². The summed E-state index contributed by atoms with van der Waals surface area (Å²) in [5, 5.41) is 30.0.